The van der Waals surface area contributed by atoms with Gasteiger partial charge in [-0.3, -0.25) is 0 Å². The molecule has 0 spiro atoms. The smallest absolute Gasteiger partial charge is 0.336 e. The Hall–Kier alpha value is -3.16. The highest BCUT2D eigenvalue weighted by molar-refractivity contribution is 6.09. The largest absolute Gasteiger partial charge is 0.478 e. The molecule has 0 saturated heterocycles. The van der Waals surface area contributed by atoms with Gasteiger partial charge in [0.25, 0.3) is 0 Å². The van der Waals surface area contributed by atoms with E-state index in [2.05, 4.69) is 13.2 Å². The van der Waals surface area contributed by atoms with Gasteiger partial charge in [-0.2, -0.15) is 0 Å². The van der Waals surface area contributed by atoms with E-state index in [1.165, 1.54) is 0 Å². The van der Waals surface area contributed by atoms with Crippen molar-refractivity contribution in [3.8, 4) is 0 Å². The van der Waals surface area contributed by atoms with Crippen molar-refractivity contribution in [3.63, 3.8) is 0 Å². The molecule has 0 saturated carbocycles. The summed E-state index contributed by atoms with van der Waals surface area (Å²) in [7, 11) is 0. The van der Waals surface area contributed by atoms with Gasteiger partial charge in [0.1, 0.15) is 0 Å². The van der Waals surface area contributed by atoms with Gasteiger partial charge >= 0.3 is 23.9 Å². The molecule has 0 atom stereocenters. The van der Waals surface area contributed by atoms with Gasteiger partial charge in [0.2, 0.25) is 0 Å². The highest BCUT2D eigenvalue weighted by atomic mass is 16.4. The fraction of sp³-hybridized carbons (Fsp3) is 0. The van der Waals surface area contributed by atoms with E-state index < -0.39 is 46.1 Å². The maximum atomic E-state index is 10.8. The molecule has 1 rings (SSSR count). The van der Waals surface area contributed by atoms with E-state index in [0.29, 0.717) is 12.1 Å². The Morgan fingerprint density at radius 2 is 0.750 bits per heavy atom. The molecule has 106 valence electrons. The van der Waals surface area contributed by atoms with E-state index in [0.717, 1.165) is 0 Å². The summed E-state index contributed by atoms with van der Waals surface area (Å²) in [6.45, 7) is 6.00. The second kappa shape index (κ2) is 6.69. The Balaban J connectivity index is 0.00000172. The maximum Gasteiger partial charge on any atom is 0.336 e. The number of hydrogen-bond acceptors (Lipinski definition) is 4. The van der Waals surface area contributed by atoms with E-state index in [-0.39, 0.29) is 0 Å². The van der Waals surface area contributed by atoms with Crippen LogP contribution >= 0.6 is 0 Å². The van der Waals surface area contributed by atoms with Crippen LogP contribution in [0.15, 0.2) is 25.3 Å². The van der Waals surface area contributed by atoms with E-state index >= 15 is 0 Å². The molecule has 0 bridgehead atoms. The summed E-state index contributed by atoms with van der Waals surface area (Å²) >= 11 is 0. The molecule has 0 heterocycles. The molecule has 8 heteroatoms. The number of aromatic carboxylic acids is 4. The van der Waals surface area contributed by atoms with Gasteiger partial charge in [-0.1, -0.05) is 0 Å². The molecule has 0 aliphatic rings. The van der Waals surface area contributed by atoms with Crippen molar-refractivity contribution in [1.29, 1.82) is 0 Å². The van der Waals surface area contributed by atoms with Gasteiger partial charge in [-0.05, 0) is 12.1 Å². The van der Waals surface area contributed by atoms with Crippen LogP contribution in [0, 0.1) is 0 Å². The zero-order chi connectivity index (χ0) is 16.0. The minimum atomic E-state index is -1.66. The summed E-state index contributed by atoms with van der Waals surface area (Å²) in [6.07, 6.45) is 0. The molecule has 8 nitrogen and oxygen atoms in total. The van der Waals surface area contributed by atoms with Crippen LogP contribution in [0.1, 0.15) is 41.4 Å². The number of benzene rings is 1. The molecule has 0 radical (unpaired) electrons. The number of hydrogen-bond donors (Lipinski definition) is 4. The molecule has 0 amide bonds. The number of carboxylic acid groups (broad SMARTS) is 4. The van der Waals surface area contributed by atoms with Crippen LogP contribution in [0.3, 0.4) is 0 Å². The molecular formula is C12H10O8. The van der Waals surface area contributed by atoms with Crippen LogP contribution in [0.2, 0.25) is 0 Å². The van der Waals surface area contributed by atoms with Gasteiger partial charge in [0.05, 0.1) is 22.3 Å². The Kier molecular flexibility index (Phi) is 5.63. The summed E-state index contributed by atoms with van der Waals surface area (Å²) in [5.41, 5.74) is -3.15. The molecule has 0 aliphatic heterocycles. The molecule has 0 aliphatic carbocycles. The van der Waals surface area contributed by atoms with E-state index in [1.54, 1.807) is 0 Å². The van der Waals surface area contributed by atoms with Crippen molar-refractivity contribution in [2.75, 3.05) is 0 Å². The summed E-state index contributed by atoms with van der Waals surface area (Å²) in [5, 5.41) is 35.0. The third-order valence-corrected chi connectivity index (χ3v) is 2.08. The average Bonchev–Trinajstić information content (AvgIpc) is 2.38. The normalized spacial score (nSPS) is 9.00. The first-order chi connectivity index (χ1) is 9.25. The molecule has 4 N–H and O–H groups in total. The lowest BCUT2D eigenvalue weighted by molar-refractivity contribution is 0.0637. The van der Waals surface area contributed by atoms with Gasteiger partial charge < -0.3 is 20.4 Å². The van der Waals surface area contributed by atoms with E-state index in [4.69, 9.17) is 20.4 Å². The van der Waals surface area contributed by atoms with Crippen molar-refractivity contribution in [2.45, 2.75) is 0 Å². The highest BCUT2D eigenvalue weighted by Crippen LogP contribution is 2.18. The molecule has 20 heavy (non-hydrogen) atoms. The monoisotopic (exact) mass is 282 g/mol. The minimum Gasteiger partial charge on any atom is -0.478 e. The Bertz CT molecular complexity index is 489. The van der Waals surface area contributed by atoms with Crippen LogP contribution < -0.4 is 0 Å². The molecule has 1 aromatic rings. The first-order valence-corrected chi connectivity index (χ1v) is 4.87. The first-order valence-electron chi connectivity index (χ1n) is 4.87. The third-order valence-electron chi connectivity index (χ3n) is 2.08. The third kappa shape index (κ3) is 3.42. The van der Waals surface area contributed by atoms with Crippen LogP contribution in [-0.2, 0) is 0 Å². The van der Waals surface area contributed by atoms with E-state index in [1.807, 2.05) is 0 Å². The summed E-state index contributed by atoms with van der Waals surface area (Å²) in [6, 6.07) is 1.02. The fourth-order valence-corrected chi connectivity index (χ4v) is 1.31. The molecule has 0 aromatic heterocycles. The Labute approximate surface area is 112 Å². The maximum absolute atomic E-state index is 10.8. The molecule has 0 unspecified atom stereocenters. The van der Waals surface area contributed by atoms with Crippen molar-refractivity contribution in [2.24, 2.45) is 0 Å². The molecular weight excluding hydrogens is 272 g/mol. The number of carbonyl (C=O) groups is 4. The van der Waals surface area contributed by atoms with E-state index in [9.17, 15) is 19.2 Å². The van der Waals surface area contributed by atoms with Crippen LogP contribution in [0.4, 0.5) is 0 Å². The predicted octanol–water partition coefficient (Wildman–Crippen LogP) is 1.28. The zero-order valence-corrected chi connectivity index (χ0v) is 9.99. The van der Waals surface area contributed by atoms with Gasteiger partial charge in [-0.15, -0.1) is 13.2 Å². The van der Waals surface area contributed by atoms with Crippen molar-refractivity contribution in [3.05, 3.63) is 47.5 Å². The predicted molar refractivity (Wildman–Crippen MR) is 65.5 cm³/mol. The van der Waals surface area contributed by atoms with Gasteiger partial charge in [-0.25, -0.2) is 19.2 Å². The fourth-order valence-electron chi connectivity index (χ4n) is 1.31. The number of rotatable bonds is 4. The lowest BCUT2D eigenvalue weighted by Gasteiger charge is -2.06. The quantitative estimate of drug-likeness (QED) is 0.603. The second-order valence-corrected chi connectivity index (χ2v) is 3.16. The van der Waals surface area contributed by atoms with Gasteiger partial charge in [0, 0.05) is 0 Å². The van der Waals surface area contributed by atoms with Crippen LogP contribution in [0.25, 0.3) is 0 Å². The zero-order valence-electron chi connectivity index (χ0n) is 9.99. The summed E-state index contributed by atoms with van der Waals surface area (Å²) in [5.74, 6) is -6.64. The van der Waals surface area contributed by atoms with Crippen molar-refractivity contribution >= 4 is 23.9 Å². The Morgan fingerprint density at radius 3 is 0.850 bits per heavy atom. The molecule has 0 fully saturated rings. The Morgan fingerprint density at radius 1 is 0.600 bits per heavy atom. The SMILES string of the molecule is C=C.O=C(O)c1cc(C(=O)O)c(C(=O)O)cc1C(=O)O. The molecule has 1 aromatic carbocycles. The topological polar surface area (TPSA) is 149 Å². The second-order valence-electron chi connectivity index (χ2n) is 3.16. The first kappa shape index (κ1) is 16.8. The summed E-state index contributed by atoms with van der Waals surface area (Å²) < 4.78 is 0. The summed E-state index contributed by atoms with van der Waals surface area (Å²) in [4.78, 5) is 43.1. The standard InChI is InChI=1S/C10H6O8.C2H4/c11-7(12)3-1-4(8(13)14)6(10(17)18)2-5(3)9(15)16;1-2/h1-2H,(H,11,12)(H,13,14)(H,15,16)(H,17,18);1-2H2. The highest BCUT2D eigenvalue weighted by Gasteiger charge is 2.24. The van der Waals surface area contributed by atoms with Crippen LogP contribution in [0.5, 0.6) is 0 Å². The lowest BCUT2D eigenvalue weighted by Crippen LogP contribution is -2.15. The number of carboxylic acids is 4. The van der Waals surface area contributed by atoms with Gasteiger partial charge in [0.15, 0.2) is 0 Å². The average molecular weight is 282 g/mol. The lowest BCUT2D eigenvalue weighted by atomic mass is 9.98. The van der Waals surface area contributed by atoms with Crippen molar-refractivity contribution < 1.29 is 39.6 Å². The van der Waals surface area contributed by atoms with Crippen LogP contribution in [-0.4, -0.2) is 44.3 Å². The van der Waals surface area contributed by atoms with Crippen molar-refractivity contribution in [1.82, 2.24) is 0 Å². The minimum absolute atomic E-state index is 0.511.